The average Bonchev–Trinajstić information content (AvgIpc) is 2.81. The molecule has 10 heteroatoms. The Morgan fingerprint density at radius 1 is 1.20 bits per heavy atom. The summed E-state index contributed by atoms with van der Waals surface area (Å²) in [6.45, 7) is 0.611. The van der Waals surface area contributed by atoms with E-state index < -0.39 is 12.0 Å². The second kappa shape index (κ2) is 4.32. The maximum Gasteiger partial charge on any atom is 0.451 e. The normalized spacial score (nSPS) is 15.2. The number of nitrogens with two attached hydrogens (primary N) is 1. The van der Waals surface area contributed by atoms with Crippen molar-refractivity contribution in [2.75, 3.05) is 17.2 Å². The van der Waals surface area contributed by atoms with Gasteiger partial charge in [-0.05, 0) is 6.07 Å². The van der Waals surface area contributed by atoms with Gasteiger partial charge in [0.05, 0.1) is 6.54 Å². The Hall–Kier alpha value is -2.39. The smallest absolute Gasteiger partial charge is 0.384 e. The fourth-order valence-electron chi connectivity index (χ4n) is 2.05. The lowest BCUT2D eigenvalue weighted by Gasteiger charge is -2.27. The summed E-state index contributed by atoms with van der Waals surface area (Å²) in [6.07, 6.45) is -3.00. The molecule has 7 nitrogen and oxygen atoms in total. The highest BCUT2D eigenvalue weighted by Crippen LogP contribution is 2.29. The summed E-state index contributed by atoms with van der Waals surface area (Å²) >= 11 is 0. The monoisotopic (exact) mass is 285 g/mol. The summed E-state index contributed by atoms with van der Waals surface area (Å²) in [6, 6.07) is 1.54. The van der Waals surface area contributed by atoms with Gasteiger partial charge >= 0.3 is 6.18 Å². The van der Waals surface area contributed by atoms with E-state index in [0.29, 0.717) is 18.3 Å². The van der Waals surface area contributed by atoms with Crippen LogP contribution in [0.2, 0.25) is 0 Å². The summed E-state index contributed by atoms with van der Waals surface area (Å²) < 4.78 is 39.2. The predicted molar refractivity (Wildman–Crippen MR) is 62.5 cm³/mol. The van der Waals surface area contributed by atoms with Crippen molar-refractivity contribution in [2.24, 2.45) is 0 Å². The highest BCUT2D eigenvalue weighted by molar-refractivity contribution is 5.38. The molecular formula is C10H10F3N7. The third kappa shape index (κ3) is 2.12. The summed E-state index contributed by atoms with van der Waals surface area (Å²) in [7, 11) is 0. The lowest BCUT2D eigenvalue weighted by atomic mass is 10.3. The maximum absolute atomic E-state index is 12.7. The van der Waals surface area contributed by atoms with Gasteiger partial charge < -0.3 is 15.2 Å². The standard InChI is InChI=1S/C10H10F3N7/c11-10(12,13)8-18-17-7-5-19(3-4-20(7)8)9-15-2-1-6(14)16-9/h1-2H,3-5H2,(H2,14,15,16). The second-order valence-corrected chi connectivity index (χ2v) is 4.29. The van der Waals surface area contributed by atoms with E-state index in [9.17, 15) is 13.2 Å². The highest BCUT2D eigenvalue weighted by Gasteiger charge is 2.39. The van der Waals surface area contributed by atoms with Crippen LogP contribution in [0.25, 0.3) is 0 Å². The van der Waals surface area contributed by atoms with E-state index >= 15 is 0 Å². The zero-order valence-electron chi connectivity index (χ0n) is 10.2. The first-order valence-corrected chi connectivity index (χ1v) is 5.78. The van der Waals surface area contributed by atoms with Crippen LogP contribution in [-0.4, -0.2) is 31.3 Å². The van der Waals surface area contributed by atoms with Crippen molar-refractivity contribution in [3.8, 4) is 0 Å². The number of nitrogens with zero attached hydrogens (tertiary/aromatic N) is 6. The Kier molecular flexibility index (Phi) is 2.73. The predicted octanol–water partition coefficient (Wildman–Crippen LogP) is 0.689. The molecule has 0 spiro atoms. The van der Waals surface area contributed by atoms with Gasteiger partial charge in [-0.1, -0.05) is 0 Å². The van der Waals surface area contributed by atoms with Crippen LogP contribution >= 0.6 is 0 Å². The number of rotatable bonds is 1. The molecule has 1 aliphatic heterocycles. The fourth-order valence-corrected chi connectivity index (χ4v) is 2.05. The molecule has 2 aromatic heterocycles. The first kappa shape index (κ1) is 12.6. The largest absolute Gasteiger partial charge is 0.451 e. The van der Waals surface area contributed by atoms with Crippen molar-refractivity contribution < 1.29 is 13.2 Å². The lowest BCUT2D eigenvalue weighted by Crippen LogP contribution is -2.36. The fraction of sp³-hybridized carbons (Fsp3) is 0.400. The van der Waals surface area contributed by atoms with Crippen LogP contribution in [0.15, 0.2) is 12.3 Å². The summed E-state index contributed by atoms with van der Waals surface area (Å²) in [5, 5.41) is 6.80. The van der Waals surface area contributed by atoms with Crippen LogP contribution in [0.1, 0.15) is 11.6 Å². The number of alkyl halides is 3. The number of aromatic nitrogens is 5. The Labute approximate surface area is 111 Å². The number of halogens is 3. The number of anilines is 2. The Morgan fingerprint density at radius 3 is 2.70 bits per heavy atom. The van der Waals surface area contributed by atoms with Gasteiger partial charge in [0.1, 0.15) is 5.82 Å². The lowest BCUT2D eigenvalue weighted by molar-refractivity contribution is -0.147. The van der Waals surface area contributed by atoms with E-state index in [1.54, 1.807) is 4.90 Å². The van der Waals surface area contributed by atoms with Crippen LogP contribution in [0.3, 0.4) is 0 Å². The van der Waals surface area contributed by atoms with Crippen molar-refractivity contribution in [2.45, 2.75) is 19.3 Å². The molecule has 2 N–H and O–H groups in total. The van der Waals surface area contributed by atoms with Gasteiger partial charge in [0.25, 0.3) is 0 Å². The molecule has 3 heterocycles. The zero-order chi connectivity index (χ0) is 14.3. The van der Waals surface area contributed by atoms with Crippen LogP contribution < -0.4 is 10.6 Å². The van der Waals surface area contributed by atoms with E-state index in [0.717, 1.165) is 4.57 Å². The molecule has 2 aromatic rings. The Balaban J connectivity index is 1.88. The second-order valence-electron chi connectivity index (χ2n) is 4.29. The molecule has 0 unspecified atom stereocenters. The van der Waals surface area contributed by atoms with Gasteiger partial charge in [0.15, 0.2) is 5.82 Å². The number of hydrogen-bond acceptors (Lipinski definition) is 6. The van der Waals surface area contributed by atoms with E-state index in [-0.39, 0.29) is 18.9 Å². The van der Waals surface area contributed by atoms with Gasteiger partial charge in [0, 0.05) is 19.3 Å². The molecule has 0 saturated heterocycles. The first-order chi connectivity index (χ1) is 9.45. The Morgan fingerprint density at radius 2 is 2.00 bits per heavy atom. The molecule has 3 rings (SSSR count). The van der Waals surface area contributed by atoms with Crippen LogP contribution in [0.5, 0.6) is 0 Å². The number of hydrogen-bond donors (Lipinski definition) is 1. The summed E-state index contributed by atoms with van der Waals surface area (Å²) in [4.78, 5) is 9.79. The van der Waals surface area contributed by atoms with E-state index in [2.05, 4.69) is 20.2 Å². The summed E-state index contributed by atoms with van der Waals surface area (Å²) in [5.41, 5.74) is 5.56. The van der Waals surface area contributed by atoms with Gasteiger partial charge in [0.2, 0.25) is 11.8 Å². The minimum Gasteiger partial charge on any atom is -0.384 e. The molecule has 0 bridgehead atoms. The van der Waals surface area contributed by atoms with Crippen LogP contribution in [0, 0.1) is 0 Å². The SMILES string of the molecule is Nc1ccnc(N2CCn3c(nnc3C(F)(F)F)C2)n1. The topological polar surface area (TPSA) is 85.8 Å². The minimum atomic E-state index is -4.50. The number of nitrogen functional groups attached to an aromatic ring is 1. The summed E-state index contributed by atoms with van der Waals surface area (Å²) in [5.74, 6) is -0.0685. The van der Waals surface area contributed by atoms with Gasteiger partial charge in [-0.15, -0.1) is 10.2 Å². The third-order valence-electron chi connectivity index (χ3n) is 2.95. The minimum absolute atomic E-state index is 0.120. The molecule has 0 atom stereocenters. The van der Waals surface area contributed by atoms with Crippen molar-refractivity contribution in [1.29, 1.82) is 0 Å². The molecule has 0 aromatic carbocycles. The molecule has 0 amide bonds. The molecule has 1 aliphatic rings. The van der Waals surface area contributed by atoms with Crippen molar-refractivity contribution in [1.82, 2.24) is 24.7 Å². The van der Waals surface area contributed by atoms with E-state index in [1.807, 2.05) is 0 Å². The highest BCUT2D eigenvalue weighted by atomic mass is 19.4. The number of fused-ring (bicyclic) bond motifs is 1. The maximum atomic E-state index is 12.7. The molecule has 0 fully saturated rings. The zero-order valence-corrected chi connectivity index (χ0v) is 10.2. The van der Waals surface area contributed by atoms with Gasteiger partial charge in [-0.25, -0.2) is 4.98 Å². The van der Waals surface area contributed by atoms with Gasteiger partial charge in [-0.2, -0.15) is 18.2 Å². The molecule has 0 radical (unpaired) electrons. The molecule has 0 saturated carbocycles. The third-order valence-corrected chi connectivity index (χ3v) is 2.95. The molecule has 20 heavy (non-hydrogen) atoms. The van der Waals surface area contributed by atoms with Crippen molar-refractivity contribution >= 4 is 11.8 Å². The van der Waals surface area contributed by atoms with Gasteiger partial charge in [-0.3, -0.25) is 0 Å². The molecular weight excluding hydrogens is 275 g/mol. The van der Waals surface area contributed by atoms with Crippen LogP contribution in [-0.2, 0) is 19.3 Å². The van der Waals surface area contributed by atoms with Crippen molar-refractivity contribution in [3.63, 3.8) is 0 Å². The van der Waals surface area contributed by atoms with E-state index in [1.165, 1.54) is 12.3 Å². The quantitative estimate of drug-likeness (QED) is 0.829. The van der Waals surface area contributed by atoms with Crippen LogP contribution in [0.4, 0.5) is 24.9 Å². The molecule has 106 valence electrons. The van der Waals surface area contributed by atoms with E-state index in [4.69, 9.17) is 5.73 Å². The first-order valence-electron chi connectivity index (χ1n) is 5.78. The Bertz CT molecular complexity index is 636. The van der Waals surface area contributed by atoms with Crippen molar-refractivity contribution in [3.05, 3.63) is 23.9 Å². The average molecular weight is 285 g/mol. The molecule has 0 aliphatic carbocycles.